The van der Waals surface area contributed by atoms with Crippen molar-refractivity contribution in [2.45, 2.75) is 11.3 Å². The first-order valence-corrected chi connectivity index (χ1v) is 12.3. The maximum atomic E-state index is 13.5. The number of aromatic nitrogens is 2. The van der Waals surface area contributed by atoms with Crippen molar-refractivity contribution in [2.24, 2.45) is 0 Å². The summed E-state index contributed by atoms with van der Waals surface area (Å²) in [7, 11) is -3.74. The summed E-state index contributed by atoms with van der Waals surface area (Å²) in [5, 5.41) is 9.88. The summed E-state index contributed by atoms with van der Waals surface area (Å²) in [4.78, 5) is 9.01. The van der Waals surface area contributed by atoms with Gasteiger partial charge in [0.2, 0.25) is 0 Å². The van der Waals surface area contributed by atoms with Crippen LogP contribution in [0, 0.1) is 0 Å². The number of para-hydroxylation sites is 1. The van der Waals surface area contributed by atoms with Crippen molar-refractivity contribution in [3.8, 4) is 0 Å². The fraction of sp³-hybridized carbons (Fsp3) is 0.182. The van der Waals surface area contributed by atoms with E-state index < -0.39 is 10.0 Å². The van der Waals surface area contributed by atoms with Gasteiger partial charge in [0.15, 0.2) is 5.13 Å². The minimum atomic E-state index is -3.74. The molecule has 5 rings (SSSR count). The lowest BCUT2D eigenvalue weighted by atomic mass is 10.2. The summed E-state index contributed by atoms with van der Waals surface area (Å²) in [6, 6.07) is 15.1. The third-order valence-corrected chi connectivity index (χ3v) is 7.97. The Balaban J connectivity index is 1.41. The van der Waals surface area contributed by atoms with E-state index in [0.717, 1.165) is 40.8 Å². The van der Waals surface area contributed by atoms with Crippen molar-refractivity contribution in [2.75, 3.05) is 34.6 Å². The van der Waals surface area contributed by atoms with E-state index in [9.17, 15) is 8.42 Å². The third kappa shape index (κ3) is 3.82. The molecule has 0 unspecified atom stereocenters. The molecule has 2 aromatic carbocycles. The molecule has 0 aliphatic carbocycles. The minimum absolute atomic E-state index is 0.244. The van der Waals surface area contributed by atoms with Gasteiger partial charge in [0, 0.05) is 41.9 Å². The van der Waals surface area contributed by atoms with Crippen LogP contribution in [0.1, 0.15) is 5.56 Å². The van der Waals surface area contributed by atoms with Crippen LogP contribution in [-0.4, -0.2) is 38.0 Å². The maximum Gasteiger partial charge on any atom is 0.266 e. The monoisotopic (exact) mass is 451 g/mol. The van der Waals surface area contributed by atoms with E-state index in [1.807, 2.05) is 36.4 Å². The Morgan fingerprint density at radius 2 is 2.00 bits per heavy atom. The molecule has 3 heterocycles. The van der Waals surface area contributed by atoms with Gasteiger partial charge in [0.05, 0.1) is 22.6 Å². The highest BCUT2D eigenvalue weighted by atomic mass is 32.2. The summed E-state index contributed by atoms with van der Waals surface area (Å²) < 4.78 is 28.4. The Morgan fingerprint density at radius 1 is 1.10 bits per heavy atom. The van der Waals surface area contributed by atoms with Crippen LogP contribution in [0.4, 0.5) is 16.5 Å². The number of hydrogen-bond donors (Lipinski definition) is 2. The number of fused-ring (bicyclic) bond motifs is 2. The summed E-state index contributed by atoms with van der Waals surface area (Å²) in [6.45, 7) is 1.49. The lowest BCUT2D eigenvalue weighted by Gasteiger charge is -2.22. The summed E-state index contributed by atoms with van der Waals surface area (Å²) in [5.41, 5.74) is 3.77. The number of rotatable bonds is 7. The quantitative estimate of drug-likeness (QED) is 0.442. The van der Waals surface area contributed by atoms with Gasteiger partial charge in [-0.15, -0.1) is 11.3 Å². The number of nitrogens with one attached hydrogen (secondary N) is 2. The normalized spacial score (nSPS) is 13.0. The molecule has 31 heavy (non-hydrogen) atoms. The summed E-state index contributed by atoms with van der Waals surface area (Å²) >= 11 is 1.31. The zero-order chi connectivity index (χ0) is 21.3. The van der Waals surface area contributed by atoms with E-state index in [1.54, 1.807) is 29.9 Å². The lowest BCUT2D eigenvalue weighted by Crippen LogP contribution is -2.35. The predicted molar refractivity (Wildman–Crippen MR) is 126 cm³/mol. The number of hydrogen-bond acceptors (Lipinski definition) is 7. The highest BCUT2D eigenvalue weighted by molar-refractivity contribution is 7.93. The second kappa shape index (κ2) is 8.16. The molecule has 158 valence electrons. The predicted octanol–water partition coefficient (Wildman–Crippen LogP) is 3.97. The van der Waals surface area contributed by atoms with E-state index in [-0.39, 0.29) is 11.4 Å². The first-order chi connectivity index (χ1) is 15.1. The van der Waals surface area contributed by atoms with E-state index in [0.29, 0.717) is 11.7 Å². The van der Waals surface area contributed by atoms with E-state index in [1.165, 1.54) is 15.6 Å². The van der Waals surface area contributed by atoms with Gasteiger partial charge in [0.1, 0.15) is 0 Å². The number of pyridine rings is 1. The van der Waals surface area contributed by atoms with Crippen LogP contribution in [0.15, 0.2) is 71.2 Å². The molecule has 2 aromatic heterocycles. The zero-order valence-electron chi connectivity index (χ0n) is 16.7. The molecule has 0 saturated carbocycles. The highest BCUT2D eigenvalue weighted by Gasteiger charge is 2.28. The molecule has 0 amide bonds. The molecular formula is C22H21N5O2S2. The average Bonchev–Trinajstić information content (AvgIpc) is 3.48. The lowest BCUT2D eigenvalue weighted by molar-refractivity contribution is 0.591. The average molecular weight is 452 g/mol. The molecule has 2 N–H and O–H groups in total. The molecular weight excluding hydrogens is 430 g/mol. The molecule has 0 spiro atoms. The van der Waals surface area contributed by atoms with E-state index >= 15 is 0 Å². The standard InChI is InChI=1S/C22H21N5O2S2/c28-31(29,18-6-7-19-17(15-18)8-10-23-19)27(22-26-12-14-30-22)13-11-24-20-5-1-3-16-4-2-9-25-21(16)20/h1-7,9,12,14-15,23-24H,8,10-11,13H2. The van der Waals surface area contributed by atoms with Crippen molar-refractivity contribution in [3.05, 3.63) is 71.9 Å². The summed E-state index contributed by atoms with van der Waals surface area (Å²) in [5.74, 6) is 0. The zero-order valence-corrected chi connectivity index (χ0v) is 18.3. The first kappa shape index (κ1) is 19.8. The van der Waals surface area contributed by atoms with Crippen LogP contribution in [0.25, 0.3) is 10.9 Å². The van der Waals surface area contributed by atoms with Crippen molar-refractivity contribution >= 4 is 48.8 Å². The Labute approximate surface area is 184 Å². The third-order valence-electron chi connectivity index (χ3n) is 5.27. The van der Waals surface area contributed by atoms with Gasteiger partial charge in [-0.25, -0.2) is 17.7 Å². The second-order valence-corrected chi connectivity index (χ2v) is 9.93. The number of sulfonamides is 1. The molecule has 4 aromatic rings. The Bertz CT molecular complexity index is 1320. The molecule has 0 bridgehead atoms. The fourth-order valence-corrected chi connectivity index (χ4v) is 6.13. The number of thiazole rings is 1. The number of nitrogens with zero attached hydrogens (tertiary/aromatic N) is 3. The molecule has 1 aliphatic rings. The first-order valence-electron chi connectivity index (χ1n) is 9.99. The number of anilines is 3. The van der Waals surface area contributed by atoms with Crippen LogP contribution >= 0.6 is 11.3 Å². The Morgan fingerprint density at radius 3 is 2.87 bits per heavy atom. The Kier molecular flexibility index (Phi) is 5.21. The topological polar surface area (TPSA) is 87.2 Å². The van der Waals surface area contributed by atoms with Crippen LogP contribution in [0.2, 0.25) is 0 Å². The molecule has 0 atom stereocenters. The minimum Gasteiger partial charge on any atom is -0.384 e. The largest absolute Gasteiger partial charge is 0.384 e. The second-order valence-electron chi connectivity index (χ2n) is 7.20. The van der Waals surface area contributed by atoms with Crippen LogP contribution in [-0.2, 0) is 16.4 Å². The van der Waals surface area contributed by atoms with E-state index in [2.05, 4.69) is 20.6 Å². The van der Waals surface area contributed by atoms with Crippen LogP contribution in [0.5, 0.6) is 0 Å². The van der Waals surface area contributed by atoms with Gasteiger partial charge in [-0.05, 0) is 42.3 Å². The molecule has 0 radical (unpaired) electrons. The highest BCUT2D eigenvalue weighted by Crippen LogP contribution is 2.30. The Hall–Kier alpha value is -3.17. The van der Waals surface area contributed by atoms with Crippen LogP contribution in [0.3, 0.4) is 0 Å². The van der Waals surface area contributed by atoms with Gasteiger partial charge in [-0.2, -0.15) is 0 Å². The van der Waals surface area contributed by atoms with Crippen molar-refractivity contribution in [1.82, 2.24) is 9.97 Å². The van der Waals surface area contributed by atoms with Crippen LogP contribution < -0.4 is 14.9 Å². The smallest absolute Gasteiger partial charge is 0.266 e. The van der Waals surface area contributed by atoms with Crippen molar-refractivity contribution < 1.29 is 8.42 Å². The molecule has 9 heteroatoms. The molecule has 0 saturated heterocycles. The van der Waals surface area contributed by atoms with E-state index in [4.69, 9.17) is 0 Å². The molecule has 1 aliphatic heterocycles. The van der Waals surface area contributed by atoms with Gasteiger partial charge in [0.25, 0.3) is 10.0 Å². The molecule has 7 nitrogen and oxygen atoms in total. The number of benzene rings is 2. The maximum absolute atomic E-state index is 13.5. The molecule has 0 fully saturated rings. The van der Waals surface area contributed by atoms with Crippen molar-refractivity contribution in [1.29, 1.82) is 0 Å². The van der Waals surface area contributed by atoms with Gasteiger partial charge in [-0.1, -0.05) is 18.2 Å². The summed E-state index contributed by atoms with van der Waals surface area (Å²) in [6.07, 6.45) is 4.20. The SMILES string of the molecule is O=S(=O)(c1ccc2c(c1)CCN2)N(CCNc1cccc2cccnc12)c1nccs1. The van der Waals surface area contributed by atoms with Crippen molar-refractivity contribution in [3.63, 3.8) is 0 Å². The van der Waals surface area contributed by atoms with Gasteiger partial charge < -0.3 is 10.6 Å². The van der Waals surface area contributed by atoms with Gasteiger partial charge in [-0.3, -0.25) is 4.98 Å². The fourth-order valence-electron chi connectivity index (χ4n) is 3.77. The van der Waals surface area contributed by atoms with Gasteiger partial charge >= 0.3 is 0 Å².